The topological polar surface area (TPSA) is 66.7 Å². The minimum Gasteiger partial charge on any atom is -0.451 e. The van der Waals surface area contributed by atoms with Gasteiger partial charge in [0.05, 0.1) is 40.2 Å². The van der Waals surface area contributed by atoms with Crippen LogP contribution in [0, 0.1) is 0 Å². The Hall–Kier alpha value is -2.79. The highest BCUT2D eigenvalue weighted by molar-refractivity contribution is 7.80. The summed E-state index contributed by atoms with van der Waals surface area (Å²) in [7, 11) is 0. The molecular formula is C23H18Cl2F3N3O3S. The van der Waals surface area contributed by atoms with Crippen molar-refractivity contribution in [2.24, 2.45) is 0 Å². The van der Waals surface area contributed by atoms with Crippen LogP contribution < -0.4 is 15.5 Å². The first kappa shape index (κ1) is 25.3. The Bertz CT molecular complexity index is 1260. The molecule has 3 aromatic rings. The molecule has 1 saturated heterocycles. The third kappa shape index (κ3) is 5.90. The molecule has 0 bridgehead atoms. The van der Waals surface area contributed by atoms with E-state index >= 15 is 0 Å². The number of hydrogen-bond donors (Lipinski definition) is 2. The Balaban J connectivity index is 1.51. The number of halogens is 5. The van der Waals surface area contributed by atoms with E-state index in [-0.39, 0.29) is 21.6 Å². The van der Waals surface area contributed by atoms with Gasteiger partial charge in [-0.25, -0.2) is 0 Å². The molecule has 2 N–H and O–H groups in total. The van der Waals surface area contributed by atoms with E-state index in [0.29, 0.717) is 48.3 Å². The lowest BCUT2D eigenvalue weighted by Crippen LogP contribution is -2.38. The molecule has 1 aliphatic heterocycles. The van der Waals surface area contributed by atoms with Crippen LogP contribution in [0.1, 0.15) is 16.1 Å². The van der Waals surface area contributed by atoms with Crippen LogP contribution in [-0.2, 0) is 10.9 Å². The predicted octanol–water partition coefficient (Wildman–Crippen LogP) is 6.24. The number of amides is 1. The van der Waals surface area contributed by atoms with Crippen molar-refractivity contribution < 1.29 is 27.1 Å². The maximum absolute atomic E-state index is 13.3. The number of carbonyl (C=O) groups excluding carboxylic acids is 1. The number of furan rings is 1. The van der Waals surface area contributed by atoms with Crippen molar-refractivity contribution in [1.82, 2.24) is 5.32 Å². The Morgan fingerprint density at radius 2 is 1.80 bits per heavy atom. The number of rotatable bonds is 4. The van der Waals surface area contributed by atoms with Crippen LogP contribution in [-0.4, -0.2) is 37.3 Å². The number of anilines is 2. The molecular weight excluding hydrogens is 526 g/mol. The third-order valence-corrected chi connectivity index (χ3v) is 6.22. The summed E-state index contributed by atoms with van der Waals surface area (Å²) >= 11 is 17.4. The van der Waals surface area contributed by atoms with E-state index in [4.69, 9.17) is 44.6 Å². The highest BCUT2D eigenvalue weighted by atomic mass is 35.5. The number of morpholine rings is 1. The number of benzene rings is 2. The van der Waals surface area contributed by atoms with E-state index in [9.17, 15) is 18.0 Å². The van der Waals surface area contributed by atoms with Gasteiger partial charge in [0, 0.05) is 18.7 Å². The molecule has 6 nitrogen and oxygen atoms in total. The molecule has 1 aromatic heterocycles. The average molecular weight is 544 g/mol. The standard InChI is InChI=1S/C23H18Cl2F3N3O3S/c24-15-3-1-2-14(20(15)25)18-6-7-19(34-18)21(32)30-22(35)29-16-12-13(23(26,27)28)4-5-17(16)31-8-10-33-11-9-31/h1-7,12H,8-11H2,(H2,29,30,32,35). The zero-order valence-electron chi connectivity index (χ0n) is 17.9. The maximum Gasteiger partial charge on any atom is 0.416 e. The Labute approximate surface area is 213 Å². The van der Waals surface area contributed by atoms with Gasteiger partial charge >= 0.3 is 6.18 Å². The summed E-state index contributed by atoms with van der Waals surface area (Å²) < 4.78 is 50.8. The number of nitrogens with one attached hydrogen (secondary N) is 2. The second kappa shape index (κ2) is 10.4. The summed E-state index contributed by atoms with van der Waals surface area (Å²) in [6.07, 6.45) is -4.54. The van der Waals surface area contributed by atoms with Gasteiger partial charge in [0.1, 0.15) is 5.76 Å². The molecule has 1 fully saturated rings. The number of carbonyl (C=O) groups is 1. The molecule has 2 aromatic carbocycles. The van der Waals surface area contributed by atoms with E-state index in [1.807, 2.05) is 4.90 Å². The van der Waals surface area contributed by atoms with Crippen LogP contribution >= 0.6 is 35.4 Å². The number of nitrogens with zero attached hydrogens (tertiary/aromatic N) is 1. The summed E-state index contributed by atoms with van der Waals surface area (Å²) in [6.45, 7) is 1.89. The summed E-state index contributed by atoms with van der Waals surface area (Å²) in [5.41, 5.74) is 0.268. The van der Waals surface area contributed by atoms with Crippen LogP contribution in [0.5, 0.6) is 0 Å². The van der Waals surface area contributed by atoms with Crippen molar-refractivity contribution in [2.75, 3.05) is 36.5 Å². The first-order valence-electron chi connectivity index (χ1n) is 10.3. The Kier molecular flexibility index (Phi) is 7.56. The Morgan fingerprint density at radius 1 is 1.06 bits per heavy atom. The molecule has 1 aliphatic rings. The van der Waals surface area contributed by atoms with Gasteiger partial charge in [-0.1, -0.05) is 29.3 Å². The number of hydrogen-bond acceptors (Lipinski definition) is 5. The van der Waals surface area contributed by atoms with Gasteiger partial charge in [0.25, 0.3) is 5.91 Å². The number of alkyl halides is 3. The van der Waals surface area contributed by atoms with Crippen molar-refractivity contribution in [2.45, 2.75) is 6.18 Å². The van der Waals surface area contributed by atoms with Crippen molar-refractivity contribution in [1.29, 1.82) is 0 Å². The smallest absolute Gasteiger partial charge is 0.416 e. The monoisotopic (exact) mass is 543 g/mol. The van der Waals surface area contributed by atoms with Crippen molar-refractivity contribution in [3.05, 3.63) is 69.9 Å². The van der Waals surface area contributed by atoms with Crippen LogP contribution in [0.3, 0.4) is 0 Å². The molecule has 0 unspecified atom stereocenters. The first-order chi connectivity index (χ1) is 16.6. The molecule has 0 aliphatic carbocycles. The lowest BCUT2D eigenvalue weighted by atomic mass is 10.1. The molecule has 0 atom stereocenters. The van der Waals surface area contributed by atoms with E-state index in [1.165, 1.54) is 12.1 Å². The van der Waals surface area contributed by atoms with Crippen molar-refractivity contribution in [3.8, 4) is 11.3 Å². The predicted molar refractivity (Wildman–Crippen MR) is 132 cm³/mol. The van der Waals surface area contributed by atoms with E-state index in [2.05, 4.69) is 10.6 Å². The zero-order valence-corrected chi connectivity index (χ0v) is 20.2. The fourth-order valence-corrected chi connectivity index (χ4v) is 4.11. The second-order valence-corrected chi connectivity index (χ2v) is 8.70. The summed E-state index contributed by atoms with van der Waals surface area (Å²) in [4.78, 5) is 14.5. The minimum atomic E-state index is -4.54. The van der Waals surface area contributed by atoms with Crippen molar-refractivity contribution >= 4 is 57.8 Å². The largest absolute Gasteiger partial charge is 0.451 e. The average Bonchev–Trinajstić information content (AvgIpc) is 3.31. The van der Waals surface area contributed by atoms with E-state index < -0.39 is 17.6 Å². The third-order valence-electron chi connectivity index (χ3n) is 5.20. The SMILES string of the molecule is O=C(NC(=S)Nc1cc(C(F)(F)F)ccc1N1CCOCC1)c1ccc(-c2cccc(Cl)c2Cl)o1. The van der Waals surface area contributed by atoms with Gasteiger partial charge in [0.2, 0.25) is 0 Å². The van der Waals surface area contributed by atoms with Gasteiger partial charge in [-0.05, 0) is 54.7 Å². The molecule has 0 radical (unpaired) electrons. The highest BCUT2D eigenvalue weighted by Crippen LogP contribution is 2.36. The fraction of sp³-hybridized carbons (Fsp3) is 0.217. The Morgan fingerprint density at radius 3 is 2.51 bits per heavy atom. The van der Waals surface area contributed by atoms with Crippen LogP contribution in [0.25, 0.3) is 11.3 Å². The number of ether oxygens (including phenoxy) is 1. The van der Waals surface area contributed by atoms with Gasteiger partial charge in [-0.3, -0.25) is 10.1 Å². The van der Waals surface area contributed by atoms with Gasteiger partial charge in [-0.2, -0.15) is 13.2 Å². The van der Waals surface area contributed by atoms with Gasteiger partial charge in [-0.15, -0.1) is 0 Å². The zero-order chi connectivity index (χ0) is 25.2. The molecule has 12 heteroatoms. The summed E-state index contributed by atoms with van der Waals surface area (Å²) in [6, 6.07) is 11.3. The molecule has 184 valence electrons. The van der Waals surface area contributed by atoms with Crippen LogP contribution in [0.4, 0.5) is 24.5 Å². The van der Waals surface area contributed by atoms with E-state index in [1.54, 1.807) is 24.3 Å². The second-order valence-electron chi connectivity index (χ2n) is 7.50. The van der Waals surface area contributed by atoms with Crippen LogP contribution in [0.15, 0.2) is 52.9 Å². The summed E-state index contributed by atoms with van der Waals surface area (Å²) in [5, 5.41) is 5.55. The molecule has 0 spiro atoms. The van der Waals surface area contributed by atoms with Crippen LogP contribution in [0.2, 0.25) is 10.0 Å². The quantitative estimate of drug-likeness (QED) is 0.380. The lowest BCUT2D eigenvalue weighted by molar-refractivity contribution is -0.137. The van der Waals surface area contributed by atoms with E-state index in [0.717, 1.165) is 12.1 Å². The highest BCUT2D eigenvalue weighted by Gasteiger charge is 2.32. The number of thiocarbonyl (C=S) groups is 1. The minimum absolute atomic E-state index is 0.0716. The van der Waals surface area contributed by atoms with Crippen molar-refractivity contribution in [3.63, 3.8) is 0 Å². The molecule has 1 amide bonds. The molecule has 2 heterocycles. The first-order valence-corrected chi connectivity index (χ1v) is 11.5. The molecule has 0 saturated carbocycles. The van der Waals surface area contributed by atoms with Gasteiger partial charge < -0.3 is 19.4 Å². The fourth-order valence-electron chi connectivity index (χ4n) is 3.51. The van der Waals surface area contributed by atoms with Gasteiger partial charge in [0.15, 0.2) is 10.9 Å². The molecule has 35 heavy (non-hydrogen) atoms. The summed E-state index contributed by atoms with van der Waals surface area (Å²) in [5.74, 6) is -0.446. The normalized spacial score (nSPS) is 14.0. The maximum atomic E-state index is 13.3. The molecule has 4 rings (SSSR count). The lowest BCUT2D eigenvalue weighted by Gasteiger charge is -2.31.